The second-order valence-corrected chi connectivity index (χ2v) is 22.0. The van der Waals surface area contributed by atoms with Gasteiger partial charge in [0, 0.05) is 154 Å². The molecule has 18 heteroatoms. The summed E-state index contributed by atoms with van der Waals surface area (Å²) in [5.74, 6) is -0.462. The van der Waals surface area contributed by atoms with E-state index in [-0.39, 0.29) is 193 Å². The van der Waals surface area contributed by atoms with Gasteiger partial charge in [-0.3, -0.25) is 19.2 Å². The first-order chi connectivity index (χ1) is 40.3. The van der Waals surface area contributed by atoms with Gasteiger partial charge in [-0.1, -0.05) is 288 Å². The average molecular weight is 1780 g/mol. The molecule has 8 unspecified atom stereocenters. The number of amides is 4. The number of nitrogens with one attached hydrogen (secondary N) is 4. The first-order valence-electron chi connectivity index (χ1n) is 33.5. The van der Waals surface area contributed by atoms with Crippen LogP contribution in [0, 0.1) is 180 Å². The Kier molecular flexibility index (Phi) is 151. The Labute approximate surface area is 672 Å². The van der Waals surface area contributed by atoms with E-state index in [0.717, 1.165) is 167 Å². The largest absolute Gasteiger partial charge is 0.540 e. The van der Waals surface area contributed by atoms with Crippen molar-refractivity contribution in [3.8, 4) is 0 Å². The minimum Gasteiger partial charge on any atom is -0.540 e. The number of rotatable bonds is 44. The van der Waals surface area contributed by atoms with Crippen molar-refractivity contribution < 1.29 is 181 Å². The Hall–Kier alpha value is 1.26. The van der Waals surface area contributed by atoms with Gasteiger partial charge in [-0.15, -0.1) is 0 Å². The van der Waals surface area contributed by atoms with Crippen molar-refractivity contribution in [2.45, 2.75) is 381 Å². The van der Waals surface area contributed by atoms with E-state index in [0.29, 0.717) is 38.5 Å². The van der Waals surface area contributed by atoms with Crippen LogP contribution in [-0.4, -0.2) is 85.0 Å². The molecule has 532 valence electrons. The second-order valence-electron chi connectivity index (χ2n) is 22.0. The number of carbonyl (C=O) groups excluding carboxylic acids is 8. The maximum atomic E-state index is 11.8. The summed E-state index contributed by atoms with van der Waals surface area (Å²) in [6, 6.07) is -2.84. The minimum absolute atomic E-state index is 0. The maximum Gasteiger partial charge on any atom is 0.234 e. The monoisotopic (exact) mass is 1780 g/mol. The Bertz CT molecular complexity index is 1200. The first-order valence-corrected chi connectivity index (χ1v) is 33.5. The van der Waals surface area contributed by atoms with Gasteiger partial charge in [0.1, 0.15) is 0 Å². The molecule has 0 rings (SSSR count). The molecule has 0 fully saturated rings. The fourth-order valence-corrected chi connectivity index (χ4v) is 7.38. The van der Waals surface area contributed by atoms with E-state index >= 15 is 0 Å². The van der Waals surface area contributed by atoms with Crippen LogP contribution in [0.5, 0.6) is 0 Å². The molecule has 8 atom stereocenters. The van der Waals surface area contributed by atoms with Crippen molar-refractivity contribution in [1.82, 2.24) is 21.3 Å². The molecule has 0 aliphatic heterocycles. The molecule has 0 aliphatic rings. The van der Waals surface area contributed by atoms with Gasteiger partial charge in [0.15, 0.2) is 0 Å². The standard InChI is InChI=1S/2C15H28NO2.2C14H27N2O2.4C3H7.2CH4.4La/c2*1-4-6-8-10-13(3)15(18)16-14(12-17)11-9-7-5-2;2*1-3-5-7-9-12(11-17)16-14(18)13(15)10-8-6-4-2;4*1-3-2;;;;;;/h2*13-14H,4-11H2,1-3H3,(H,16,18);2*12-13H,3-10,15H2,1-2H3,(H,16,18);4*3H,1-2H3;2*1H4;;;;/q8*-1;;;;;;. The van der Waals surface area contributed by atoms with Gasteiger partial charge in [0.25, 0.3) is 0 Å². The molecule has 0 heterocycles. The van der Waals surface area contributed by atoms with Crippen LogP contribution in [-0.2, 0) is 38.4 Å². The number of hydrogen-bond acceptors (Lipinski definition) is 10. The van der Waals surface area contributed by atoms with Crippen molar-refractivity contribution in [2.75, 3.05) is 0 Å². The van der Waals surface area contributed by atoms with Gasteiger partial charge in [-0.25, -0.2) is 25.1 Å². The van der Waals surface area contributed by atoms with Gasteiger partial charge in [0.05, 0.1) is 12.1 Å². The quantitative estimate of drug-likeness (QED) is 0.0249. The molecule has 0 aromatic heterocycles. The summed E-state index contributed by atoms with van der Waals surface area (Å²) in [7, 11) is 0. The van der Waals surface area contributed by atoms with Crippen LogP contribution in [0.2, 0.25) is 0 Å². The molecule has 8 N–H and O–H groups in total. The molecule has 0 aromatic rings. The molecule has 14 nitrogen and oxygen atoms in total. The summed E-state index contributed by atoms with van der Waals surface area (Å²) in [4.78, 5) is 90.2. The third kappa shape index (κ3) is 105. The zero-order valence-electron chi connectivity index (χ0n) is 60.3. The summed E-state index contributed by atoms with van der Waals surface area (Å²) in [6.07, 6.45) is 47.2. The Morgan fingerprint density at radius 3 is 0.600 bits per heavy atom. The smallest absolute Gasteiger partial charge is 0.234 e. The van der Waals surface area contributed by atoms with Gasteiger partial charge in [0.2, 0.25) is 23.6 Å². The van der Waals surface area contributed by atoms with Gasteiger partial charge in [-0.2, -0.15) is 55.4 Å². The van der Waals surface area contributed by atoms with Gasteiger partial charge < -0.3 is 77.6 Å². The van der Waals surface area contributed by atoms with Crippen molar-refractivity contribution in [3.05, 3.63) is 25.7 Å². The van der Waals surface area contributed by atoms with Crippen molar-refractivity contribution in [2.24, 2.45) is 23.3 Å². The SMILES string of the molecule is C.C.CCCCCC([C-]=O)NC(=O)C(C)CCCCC.CCCCCC([C-]=O)NC(=O)C(C)CCCCC.CCCCCC([C-]=O)NC(=O)C(N)CCCCC.CCCCCC([C-]=O)NC(=O)C(N)CCCCC.C[CH-]C.C[CH-]C.C[CH-]C.C[CH-]C.[La].[La].[La].[La]. The van der Waals surface area contributed by atoms with Crippen LogP contribution >= 0.6 is 0 Å². The molecular formula is C72H146La4N6O8-8. The Morgan fingerprint density at radius 2 is 0.444 bits per heavy atom. The average Bonchev–Trinajstić information content (AvgIpc) is 3.47. The summed E-state index contributed by atoms with van der Waals surface area (Å²) in [6.45, 7) is 36.8. The van der Waals surface area contributed by atoms with Crippen molar-refractivity contribution in [3.63, 3.8) is 0 Å². The maximum absolute atomic E-state index is 11.8. The van der Waals surface area contributed by atoms with Crippen LogP contribution < -0.4 is 32.7 Å². The summed E-state index contributed by atoms with van der Waals surface area (Å²) in [5, 5.41) is 10.9. The number of hydrogen-bond donors (Lipinski definition) is 6. The molecule has 0 bridgehead atoms. The van der Waals surface area contributed by atoms with E-state index < -0.39 is 36.3 Å². The van der Waals surface area contributed by atoms with E-state index in [9.17, 15) is 38.4 Å². The normalized spacial score (nSPS) is 12.0. The van der Waals surface area contributed by atoms with Gasteiger partial charge in [-0.05, 0) is 25.7 Å². The zero-order valence-corrected chi connectivity index (χ0v) is 74.8. The molecule has 0 spiro atoms. The third-order valence-electron chi connectivity index (χ3n) is 12.5. The zero-order chi connectivity index (χ0) is 66.0. The second kappa shape index (κ2) is 109. The van der Waals surface area contributed by atoms with Crippen LogP contribution in [0.15, 0.2) is 0 Å². The van der Waals surface area contributed by atoms with E-state index in [1.165, 1.54) is 0 Å². The van der Waals surface area contributed by atoms with Crippen LogP contribution in [0.1, 0.15) is 345 Å². The fraction of sp³-hybridized carbons (Fsp3) is 0.833. The summed E-state index contributed by atoms with van der Waals surface area (Å²) in [5.41, 5.74) is 11.5. The third-order valence-corrected chi connectivity index (χ3v) is 12.5. The van der Waals surface area contributed by atoms with E-state index in [1.54, 1.807) is 0 Å². The van der Waals surface area contributed by atoms with E-state index in [1.807, 2.05) is 120 Å². The Balaban J connectivity index is -0.0000000656. The predicted octanol–water partition coefficient (Wildman–Crippen LogP) is 17.1. The molecule has 4 radical (unpaired) electrons. The molecule has 0 saturated carbocycles. The molecule has 0 aliphatic carbocycles. The van der Waals surface area contributed by atoms with E-state index in [4.69, 9.17) is 11.5 Å². The topological polar surface area (TPSA) is 237 Å². The molecule has 4 amide bonds. The first kappa shape index (κ1) is 125. The van der Waals surface area contributed by atoms with Crippen LogP contribution in [0.25, 0.3) is 0 Å². The van der Waals surface area contributed by atoms with E-state index in [2.05, 4.69) is 76.7 Å². The van der Waals surface area contributed by atoms with Crippen molar-refractivity contribution >= 4 is 48.8 Å². The van der Waals surface area contributed by atoms with Crippen LogP contribution in [0.3, 0.4) is 0 Å². The molecule has 0 saturated heterocycles. The fourth-order valence-electron chi connectivity index (χ4n) is 7.38. The predicted molar refractivity (Wildman–Crippen MR) is 374 cm³/mol. The molecule has 90 heavy (non-hydrogen) atoms. The summed E-state index contributed by atoms with van der Waals surface area (Å²) >= 11 is 0. The number of carbonyl (C=O) groups is 4. The van der Waals surface area contributed by atoms with Crippen LogP contribution in [0.4, 0.5) is 0 Å². The Morgan fingerprint density at radius 1 is 0.300 bits per heavy atom. The number of unbranched alkanes of at least 4 members (excludes halogenated alkanes) is 16. The minimum atomic E-state index is -0.501. The molecule has 0 aromatic carbocycles. The van der Waals surface area contributed by atoms with Crippen molar-refractivity contribution in [1.29, 1.82) is 0 Å². The summed E-state index contributed by atoms with van der Waals surface area (Å²) < 4.78 is 0. The number of nitrogens with two attached hydrogens (primary N) is 2. The molecular weight excluding hydrogens is 1630 g/mol. The van der Waals surface area contributed by atoms with Gasteiger partial charge >= 0.3 is 0 Å².